The summed E-state index contributed by atoms with van der Waals surface area (Å²) in [5, 5.41) is 8.40. The number of ether oxygens (including phenoxy) is 2. The molecule has 3 amide bonds. The first-order valence-electron chi connectivity index (χ1n) is 11.6. The molecule has 0 aromatic heterocycles. The van der Waals surface area contributed by atoms with Gasteiger partial charge in [0.2, 0.25) is 11.8 Å². The van der Waals surface area contributed by atoms with E-state index in [0.29, 0.717) is 48.4 Å². The molecule has 0 saturated carbocycles. The Balaban J connectivity index is 1.63. The summed E-state index contributed by atoms with van der Waals surface area (Å²) in [4.78, 5) is 38.2. The van der Waals surface area contributed by atoms with E-state index >= 15 is 0 Å². The standard InChI is InChI=1S/C25H31N3O7S/c1-34-18-8-11-20-22(16-18)35-14-13-27-25(31)21(5-3-4-12-26-24(20)30)28-23(29)15-17-6-9-19(10-7-17)36(2,32)33/h6-11,16,21H,3-5,12-15H2,1-2H3,(H,26,30)(H,27,31)(H,28,29)/t21-/m0/s1. The van der Waals surface area contributed by atoms with E-state index < -0.39 is 15.9 Å². The molecule has 0 unspecified atom stereocenters. The van der Waals surface area contributed by atoms with E-state index in [1.807, 2.05) is 0 Å². The molecule has 1 aliphatic rings. The van der Waals surface area contributed by atoms with E-state index in [-0.39, 0.29) is 42.2 Å². The van der Waals surface area contributed by atoms with Gasteiger partial charge in [0.15, 0.2) is 9.84 Å². The maximum atomic E-state index is 12.8. The number of carbonyl (C=O) groups excluding carboxylic acids is 3. The summed E-state index contributed by atoms with van der Waals surface area (Å²) in [7, 11) is -1.80. The van der Waals surface area contributed by atoms with Crippen molar-refractivity contribution in [2.75, 3.05) is 33.1 Å². The summed E-state index contributed by atoms with van der Waals surface area (Å²) >= 11 is 0. The van der Waals surface area contributed by atoms with Crippen molar-refractivity contribution in [2.24, 2.45) is 0 Å². The van der Waals surface area contributed by atoms with Crippen LogP contribution in [0.5, 0.6) is 11.5 Å². The second-order valence-electron chi connectivity index (χ2n) is 8.47. The fourth-order valence-corrected chi connectivity index (χ4v) is 4.35. The number of benzene rings is 2. The lowest BCUT2D eigenvalue weighted by atomic mass is 10.1. The molecular weight excluding hydrogens is 486 g/mol. The van der Waals surface area contributed by atoms with Crippen LogP contribution in [0.3, 0.4) is 0 Å². The van der Waals surface area contributed by atoms with E-state index in [2.05, 4.69) is 16.0 Å². The molecule has 2 aromatic carbocycles. The van der Waals surface area contributed by atoms with E-state index in [1.54, 1.807) is 30.3 Å². The zero-order valence-corrected chi connectivity index (χ0v) is 21.2. The Morgan fingerprint density at radius 2 is 1.83 bits per heavy atom. The Bertz CT molecular complexity index is 1200. The average molecular weight is 518 g/mol. The number of nitrogens with one attached hydrogen (secondary N) is 3. The van der Waals surface area contributed by atoms with Gasteiger partial charge in [0.1, 0.15) is 24.1 Å². The molecule has 0 bridgehead atoms. The minimum Gasteiger partial charge on any atom is -0.497 e. The van der Waals surface area contributed by atoms with Crippen LogP contribution < -0.4 is 25.4 Å². The lowest BCUT2D eigenvalue weighted by Crippen LogP contribution is -2.48. The molecule has 1 atom stereocenters. The summed E-state index contributed by atoms with van der Waals surface area (Å²) in [6, 6.07) is 10.2. The molecule has 0 fully saturated rings. The topological polar surface area (TPSA) is 140 Å². The monoisotopic (exact) mass is 517 g/mol. The van der Waals surface area contributed by atoms with Crippen LogP contribution in [-0.4, -0.2) is 65.2 Å². The molecule has 10 nitrogen and oxygen atoms in total. The molecule has 0 aliphatic carbocycles. The van der Waals surface area contributed by atoms with E-state index in [4.69, 9.17) is 9.47 Å². The quantitative estimate of drug-likeness (QED) is 0.542. The van der Waals surface area contributed by atoms with Gasteiger partial charge in [-0.05, 0) is 49.1 Å². The first-order chi connectivity index (χ1) is 17.2. The maximum Gasteiger partial charge on any atom is 0.255 e. The van der Waals surface area contributed by atoms with Crippen molar-refractivity contribution in [1.29, 1.82) is 0 Å². The second-order valence-corrected chi connectivity index (χ2v) is 10.5. The highest BCUT2D eigenvalue weighted by Gasteiger charge is 2.21. The van der Waals surface area contributed by atoms with Crippen LogP contribution in [0.2, 0.25) is 0 Å². The first kappa shape index (κ1) is 27.0. The Morgan fingerprint density at radius 3 is 2.53 bits per heavy atom. The number of amides is 3. The van der Waals surface area contributed by atoms with Crippen LogP contribution in [0, 0.1) is 0 Å². The Kier molecular flexibility index (Phi) is 9.29. The third-order valence-corrected chi connectivity index (χ3v) is 6.79. The molecule has 0 saturated heterocycles. The third kappa shape index (κ3) is 7.70. The van der Waals surface area contributed by atoms with Crippen LogP contribution in [-0.2, 0) is 25.8 Å². The van der Waals surface area contributed by atoms with Crippen molar-refractivity contribution >= 4 is 27.6 Å². The lowest BCUT2D eigenvalue weighted by molar-refractivity contribution is -0.129. The predicted octanol–water partition coefficient (Wildman–Crippen LogP) is 1.23. The zero-order valence-electron chi connectivity index (χ0n) is 20.3. The number of rotatable bonds is 5. The van der Waals surface area contributed by atoms with Gasteiger partial charge in [-0.15, -0.1) is 0 Å². The van der Waals surface area contributed by atoms with Crippen LogP contribution in [0.1, 0.15) is 35.2 Å². The molecule has 11 heteroatoms. The van der Waals surface area contributed by atoms with Crippen molar-refractivity contribution < 1.29 is 32.3 Å². The van der Waals surface area contributed by atoms with Gasteiger partial charge >= 0.3 is 0 Å². The Labute approximate surface area is 210 Å². The van der Waals surface area contributed by atoms with Crippen molar-refractivity contribution in [1.82, 2.24) is 16.0 Å². The van der Waals surface area contributed by atoms with Gasteiger partial charge in [-0.2, -0.15) is 0 Å². The minimum atomic E-state index is -3.32. The molecule has 3 rings (SSSR count). The molecule has 3 N–H and O–H groups in total. The Morgan fingerprint density at radius 1 is 1.08 bits per heavy atom. The summed E-state index contributed by atoms with van der Waals surface area (Å²) in [6.45, 7) is 0.697. The third-order valence-electron chi connectivity index (χ3n) is 5.67. The summed E-state index contributed by atoms with van der Waals surface area (Å²) < 4.78 is 34.2. The smallest absolute Gasteiger partial charge is 0.255 e. The number of carbonyl (C=O) groups is 3. The van der Waals surface area contributed by atoms with Crippen LogP contribution in [0.4, 0.5) is 0 Å². The van der Waals surface area contributed by atoms with Crippen LogP contribution in [0.25, 0.3) is 0 Å². The normalized spacial score (nSPS) is 17.4. The van der Waals surface area contributed by atoms with Crippen LogP contribution in [0.15, 0.2) is 47.4 Å². The number of methoxy groups -OCH3 is 1. The highest BCUT2D eigenvalue weighted by Crippen LogP contribution is 2.25. The number of hydrogen-bond donors (Lipinski definition) is 3. The molecule has 194 valence electrons. The number of fused-ring (bicyclic) bond motifs is 1. The molecule has 1 heterocycles. The highest BCUT2D eigenvalue weighted by molar-refractivity contribution is 7.90. The summed E-state index contributed by atoms with van der Waals surface area (Å²) in [5.41, 5.74) is 1.01. The number of hydrogen-bond acceptors (Lipinski definition) is 7. The SMILES string of the molecule is COc1ccc2c(c1)OCCNC(=O)[C@@H](NC(=O)Cc1ccc(S(C)(=O)=O)cc1)CCCCNC2=O. The van der Waals surface area contributed by atoms with Crippen LogP contribution >= 0.6 is 0 Å². The van der Waals surface area contributed by atoms with E-state index in [0.717, 1.165) is 6.26 Å². The lowest BCUT2D eigenvalue weighted by Gasteiger charge is -2.20. The van der Waals surface area contributed by atoms with Crippen molar-refractivity contribution in [3.05, 3.63) is 53.6 Å². The maximum absolute atomic E-state index is 12.8. The first-order valence-corrected chi connectivity index (χ1v) is 13.5. The highest BCUT2D eigenvalue weighted by atomic mass is 32.2. The summed E-state index contributed by atoms with van der Waals surface area (Å²) in [5.74, 6) is -0.0499. The predicted molar refractivity (Wildman–Crippen MR) is 133 cm³/mol. The molecule has 36 heavy (non-hydrogen) atoms. The zero-order chi connectivity index (χ0) is 26.1. The van der Waals surface area contributed by atoms with Gasteiger partial charge in [-0.1, -0.05) is 12.1 Å². The molecular formula is C25H31N3O7S. The Hall–Kier alpha value is -3.60. The minimum absolute atomic E-state index is 0.00556. The van der Waals surface area contributed by atoms with Gasteiger partial charge < -0.3 is 25.4 Å². The van der Waals surface area contributed by atoms with Crippen molar-refractivity contribution in [3.63, 3.8) is 0 Å². The molecule has 1 aliphatic heterocycles. The van der Waals surface area contributed by atoms with Gasteiger partial charge in [0.25, 0.3) is 5.91 Å². The fraction of sp³-hybridized carbons (Fsp3) is 0.400. The van der Waals surface area contributed by atoms with E-state index in [1.165, 1.54) is 19.2 Å². The van der Waals surface area contributed by atoms with Gasteiger partial charge in [0.05, 0.1) is 30.5 Å². The molecule has 2 aromatic rings. The molecule has 0 spiro atoms. The summed E-state index contributed by atoms with van der Waals surface area (Å²) in [6.07, 6.45) is 2.74. The van der Waals surface area contributed by atoms with Crippen molar-refractivity contribution in [3.8, 4) is 11.5 Å². The van der Waals surface area contributed by atoms with Crippen molar-refractivity contribution in [2.45, 2.75) is 36.6 Å². The van der Waals surface area contributed by atoms with Gasteiger partial charge in [-0.3, -0.25) is 14.4 Å². The molecule has 0 radical (unpaired) electrons. The average Bonchev–Trinajstić information content (AvgIpc) is 2.84. The largest absolute Gasteiger partial charge is 0.497 e. The van der Waals surface area contributed by atoms with E-state index in [9.17, 15) is 22.8 Å². The number of sulfone groups is 1. The van der Waals surface area contributed by atoms with Gasteiger partial charge in [0, 0.05) is 18.9 Å². The second kappa shape index (κ2) is 12.4. The van der Waals surface area contributed by atoms with Gasteiger partial charge in [-0.25, -0.2) is 8.42 Å². The fourth-order valence-electron chi connectivity index (χ4n) is 3.72.